The van der Waals surface area contributed by atoms with E-state index in [1.807, 2.05) is 127 Å². The number of carbonyl (C=O) groups excluding carboxylic acids is 5. The maximum atomic E-state index is 16.9. The van der Waals surface area contributed by atoms with Gasteiger partial charge < -0.3 is 30.0 Å². The number of imide groups is 1. The molecule has 1 spiro atoms. The van der Waals surface area contributed by atoms with Crippen LogP contribution in [0, 0.1) is 23.7 Å². The molecule has 0 saturated carbocycles. The number of hydrogen-bond donors (Lipinski definition) is 3. The Kier molecular flexibility index (Phi) is 14.8. The van der Waals surface area contributed by atoms with Crippen LogP contribution in [0.3, 0.4) is 0 Å². The molecule has 10 rings (SSSR count). The number of urea groups is 1. The van der Waals surface area contributed by atoms with Crippen LogP contribution < -0.4 is 20.3 Å². The largest absolute Gasteiger partial charge is 0.491 e. The number of aromatic nitrogens is 1. The minimum atomic E-state index is -2.16. The summed E-state index contributed by atoms with van der Waals surface area (Å²) >= 11 is 1.23. The van der Waals surface area contributed by atoms with E-state index in [1.165, 1.54) is 18.4 Å². The van der Waals surface area contributed by atoms with Gasteiger partial charge in [-0.05, 0) is 83.2 Å². The first-order valence-corrected chi connectivity index (χ1v) is 25.9. The fourth-order valence-corrected chi connectivity index (χ4v) is 12.0. The summed E-state index contributed by atoms with van der Waals surface area (Å²) < 4.78 is 18.6. The minimum Gasteiger partial charge on any atom is -0.491 e. The van der Waals surface area contributed by atoms with Crippen molar-refractivity contribution in [3.63, 3.8) is 0 Å². The lowest BCUT2D eigenvalue weighted by molar-refractivity contribution is -0.177. The molecule has 76 heavy (non-hydrogen) atoms. The minimum absolute atomic E-state index is 0.0522. The van der Waals surface area contributed by atoms with Gasteiger partial charge in [0.15, 0.2) is 5.13 Å². The van der Waals surface area contributed by atoms with Crippen LogP contribution in [0.5, 0.6) is 5.75 Å². The Labute approximate surface area is 444 Å². The first-order chi connectivity index (χ1) is 36.9. The number of carbonyl (C=O) groups is 5. The molecule has 2 saturated heterocycles. The standard InChI is InChI=1S/C60H56N6O9S/c1-37(2)49(55(69)73-4)62-59(72)65-46-30-29-38(20-17-31-64(3)36-39-18-8-5-9-19-39)34-44(46)60(57(65)71)48(54(68)63-58-61-45-27-14-15-28-47(45)76-58)51-56(70)75-52(41-23-12-7-13-24-41)50(40-21-10-6-11-22-40)66(51)53(60)42-25-16-26-43(35-42)74-33-32-67/h5-16,18-19,21-30,34-35,37,48-53,67H,31-33,36H2,1-4H3,(H,62,72)(H,61,63,68)/t48-,49+,50-,51-,52+,53+,60-/m1/s1. The zero-order valence-electron chi connectivity index (χ0n) is 42.3. The van der Waals surface area contributed by atoms with Crippen LogP contribution in [0.25, 0.3) is 10.2 Å². The van der Waals surface area contributed by atoms with Gasteiger partial charge in [-0.25, -0.2) is 19.5 Å². The van der Waals surface area contributed by atoms with E-state index >= 15 is 19.2 Å². The Bertz CT molecular complexity index is 3330. The molecule has 1 aromatic heterocycles. The number of aliphatic hydroxyl groups is 1. The van der Waals surface area contributed by atoms with Crippen LogP contribution in [0.15, 0.2) is 158 Å². The Balaban J connectivity index is 1.24. The number of benzene rings is 6. The van der Waals surface area contributed by atoms with Crippen LogP contribution in [0.2, 0.25) is 0 Å². The summed E-state index contributed by atoms with van der Waals surface area (Å²) in [7, 11) is 3.18. The van der Waals surface area contributed by atoms with E-state index in [-0.39, 0.29) is 29.6 Å². The molecule has 7 aromatic rings. The highest BCUT2D eigenvalue weighted by atomic mass is 32.1. The topological polar surface area (TPSA) is 180 Å². The van der Waals surface area contributed by atoms with Gasteiger partial charge in [0.1, 0.15) is 36.0 Å². The van der Waals surface area contributed by atoms with E-state index in [0.717, 1.165) is 15.2 Å². The molecule has 0 aliphatic carbocycles. The number of morpholine rings is 1. The molecule has 4 amide bonds. The van der Waals surface area contributed by atoms with E-state index < -0.39 is 77.3 Å². The van der Waals surface area contributed by atoms with Crippen molar-refractivity contribution in [2.24, 2.45) is 11.8 Å². The van der Waals surface area contributed by atoms with Crippen LogP contribution in [0.4, 0.5) is 15.6 Å². The van der Waals surface area contributed by atoms with Gasteiger partial charge in [-0.1, -0.05) is 152 Å². The van der Waals surface area contributed by atoms with Gasteiger partial charge >= 0.3 is 18.0 Å². The maximum absolute atomic E-state index is 16.9. The Morgan fingerprint density at radius 2 is 1.53 bits per heavy atom. The van der Waals surface area contributed by atoms with Crippen LogP contribution in [-0.2, 0) is 40.6 Å². The Hall–Kier alpha value is -8.20. The number of para-hydroxylation sites is 1. The first kappa shape index (κ1) is 51.3. The summed E-state index contributed by atoms with van der Waals surface area (Å²) in [5, 5.41) is 16.0. The second-order valence-corrected chi connectivity index (χ2v) is 20.4. The summed E-state index contributed by atoms with van der Waals surface area (Å²) in [6, 6.07) is 42.5. The molecule has 4 heterocycles. The molecular formula is C60H56N6O9S. The second kappa shape index (κ2) is 21.9. The van der Waals surface area contributed by atoms with Gasteiger partial charge in [-0.2, -0.15) is 0 Å². The van der Waals surface area contributed by atoms with Crippen molar-refractivity contribution in [3.05, 3.63) is 191 Å². The number of anilines is 2. The molecule has 0 unspecified atom stereocenters. The van der Waals surface area contributed by atoms with Gasteiger partial charge in [0, 0.05) is 12.1 Å². The number of cyclic esters (lactones) is 1. The third-order valence-corrected chi connectivity index (χ3v) is 15.2. The normalized spacial score (nSPS) is 21.1. The van der Waals surface area contributed by atoms with E-state index in [1.54, 1.807) is 56.3 Å². The molecule has 3 aliphatic heterocycles. The van der Waals surface area contributed by atoms with E-state index in [4.69, 9.17) is 19.2 Å². The lowest BCUT2D eigenvalue weighted by Gasteiger charge is -2.46. The van der Waals surface area contributed by atoms with Crippen molar-refractivity contribution in [1.29, 1.82) is 0 Å². The number of thiazole rings is 1. The number of esters is 2. The second-order valence-electron chi connectivity index (χ2n) is 19.4. The predicted molar refractivity (Wildman–Crippen MR) is 288 cm³/mol. The molecule has 0 radical (unpaired) electrons. The summed E-state index contributed by atoms with van der Waals surface area (Å²) in [6.45, 7) is 4.14. The van der Waals surface area contributed by atoms with Gasteiger partial charge in [-0.15, -0.1) is 0 Å². The Morgan fingerprint density at radius 3 is 2.22 bits per heavy atom. The number of aliphatic hydroxyl groups excluding tert-OH is 1. The van der Waals surface area contributed by atoms with Crippen LogP contribution in [-0.4, -0.2) is 95.7 Å². The third kappa shape index (κ3) is 9.58. The number of rotatable bonds is 14. The van der Waals surface area contributed by atoms with Crippen molar-refractivity contribution >= 4 is 62.2 Å². The fourth-order valence-electron chi connectivity index (χ4n) is 11.1. The molecule has 2 fully saturated rings. The number of ether oxygens (including phenoxy) is 3. The zero-order valence-corrected chi connectivity index (χ0v) is 43.1. The Morgan fingerprint density at radius 1 is 0.842 bits per heavy atom. The molecular weight excluding hydrogens is 981 g/mol. The van der Waals surface area contributed by atoms with Gasteiger partial charge in [0.2, 0.25) is 11.8 Å². The van der Waals surface area contributed by atoms with E-state index in [9.17, 15) is 9.90 Å². The van der Waals surface area contributed by atoms with Crippen LogP contribution in [0.1, 0.15) is 65.4 Å². The monoisotopic (exact) mass is 1040 g/mol. The first-order valence-electron chi connectivity index (χ1n) is 25.1. The molecule has 6 aromatic carbocycles. The lowest BCUT2D eigenvalue weighted by Crippen LogP contribution is -2.57. The lowest BCUT2D eigenvalue weighted by atomic mass is 9.65. The number of nitrogens with one attached hydrogen (secondary N) is 2. The van der Waals surface area contributed by atoms with Gasteiger partial charge in [-0.3, -0.25) is 24.2 Å². The number of methoxy groups -OCH3 is 1. The average Bonchev–Trinajstić information content (AvgIpc) is 4.13. The van der Waals surface area contributed by atoms with Crippen molar-refractivity contribution in [2.45, 2.75) is 56.1 Å². The number of nitrogens with zero attached hydrogens (tertiary/aromatic N) is 4. The molecule has 3 N–H and O–H groups in total. The number of fused-ring (bicyclic) bond motifs is 4. The van der Waals surface area contributed by atoms with Crippen molar-refractivity contribution in [1.82, 2.24) is 20.1 Å². The van der Waals surface area contributed by atoms with Crippen LogP contribution >= 0.6 is 11.3 Å². The smallest absolute Gasteiger partial charge is 0.329 e. The third-order valence-electron chi connectivity index (χ3n) is 14.3. The molecule has 386 valence electrons. The molecule has 0 bridgehead atoms. The summed E-state index contributed by atoms with van der Waals surface area (Å²) in [5.74, 6) is 1.74. The number of hydrogen-bond acceptors (Lipinski definition) is 13. The number of amides is 4. The van der Waals surface area contributed by atoms with Crippen molar-refractivity contribution in [2.75, 3.05) is 44.1 Å². The fraction of sp³-hybridized carbons (Fsp3) is 0.267. The predicted octanol–water partition coefficient (Wildman–Crippen LogP) is 8.36. The molecule has 3 aliphatic rings. The highest BCUT2D eigenvalue weighted by Gasteiger charge is 2.76. The van der Waals surface area contributed by atoms with Gasteiger partial charge in [0.25, 0.3) is 0 Å². The summed E-state index contributed by atoms with van der Waals surface area (Å²) in [6.07, 6.45) is -0.973. The van der Waals surface area contributed by atoms with Crippen molar-refractivity contribution < 1.29 is 43.3 Å². The SMILES string of the molecule is COC(=O)[C@@H](NC(=O)N1C(=O)[C@@]2(c3cc(C#CCN(C)Cc4ccccc4)ccc31)[C@H](c1cccc(OCCO)c1)N1[C@H](c3ccccc3)[C@H](c3ccccc3)OC(=O)[C@H]1[C@@H]2C(=O)Nc1nc2ccccc2s1)C(C)C. The molecule has 15 nitrogen and oxygen atoms in total. The summed E-state index contributed by atoms with van der Waals surface area (Å²) in [5.41, 5.74) is 2.22. The zero-order chi connectivity index (χ0) is 53.1. The maximum Gasteiger partial charge on any atom is 0.329 e. The molecule has 16 heteroatoms. The van der Waals surface area contributed by atoms with E-state index in [0.29, 0.717) is 46.6 Å². The quantitative estimate of drug-likeness (QED) is 0.0701. The van der Waals surface area contributed by atoms with Crippen molar-refractivity contribution in [3.8, 4) is 17.6 Å². The summed E-state index contributed by atoms with van der Waals surface area (Å²) in [4.78, 5) is 87.0. The highest BCUT2D eigenvalue weighted by molar-refractivity contribution is 7.22. The highest BCUT2D eigenvalue weighted by Crippen LogP contribution is 2.66. The molecule has 7 atom stereocenters. The average molecular weight is 1040 g/mol. The van der Waals surface area contributed by atoms with E-state index in [2.05, 4.69) is 27.4 Å². The van der Waals surface area contributed by atoms with Gasteiger partial charge in [0.05, 0.1) is 54.2 Å².